The molecule has 5 nitrogen and oxygen atoms in total. The van der Waals surface area contributed by atoms with Gasteiger partial charge >= 0.3 is 5.97 Å². The van der Waals surface area contributed by atoms with Crippen molar-refractivity contribution in [2.45, 2.75) is 13.5 Å². The molecule has 1 N–H and O–H groups in total. The van der Waals surface area contributed by atoms with Crippen LogP contribution in [0.5, 0.6) is 0 Å². The molecule has 0 atom stereocenters. The Bertz CT molecular complexity index is 1250. The molecular weight excluding hydrogens is 400 g/mol. The number of anilines is 1. The Morgan fingerprint density at radius 1 is 0.969 bits per heavy atom. The molecule has 4 aromatic rings. The summed E-state index contributed by atoms with van der Waals surface area (Å²) in [5, 5.41) is 12.7. The lowest BCUT2D eigenvalue weighted by molar-refractivity contribution is 0.0527. The number of ether oxygens (including phenoxy) is 1. The van der Waals surface area contributed by atoms with Crippen molar-refractivity contribution in [3.8, 4) is 28.5 Å². The summed E-state index contributed by atoms with van der Waals surface area (Å²) < 4.78 is 10.8. The third-order valence-electron chi connectivity index (χ3n) is 5.13. The van der Waals surface area contributed by atoms with Crippen LogP contribution >= 0.6 is 0 Å². The quantitative estimate of drug-likeness (QED) is 0.355. The Morgan fingerprint density at radius 3 is 2.47 bits per heavy atom. The van der Waals surface area contributed by atoms with Crippen molar-refractivity contribution in [2.24, 2.45) is 0 Å². The molecule has 0 fully saturated rings. The number of hydrogen-bond acceptors (Lipinski definition) is 5. The molecular formula is C27H22N2O3. The van der Waals surface area contributed by atoms with Gasteiger partial charge in [0, 0.05) is 12.1 Å². The van der Waals surface area contributed by atoms with Gasteiger partial charge in [-0.25, -0.2) is 4.79 Å². The molecule has 158 valence electrons. The predicted molar refractivity (Wildman–Crippen MR) is 124 cm³/mol. The molecule has 3 aromatic carbocycles. The molecule has 0 saturated heterocycles. The predicted octanol–water partition coefficient (Wildman–Crippen LogP) is 6.27. The highest BCUT2D eigenvalue weighted by Crippen LogP contribution is 2.32. The van der Waals surface area contributed by atoms with Gasteiger partial charge < -0.3 is 14.5 Å². The van der Waals surface area contributed by atoms with Crippen molar-refractivity contribution < 1.29 is 13.9 Å². The SMILES string of the molecule is CCOC(=O)c1cccc(-c2ccco2)c1NCc1ccc(-c2ccccc2C#N)cc1. The molecule has 1 heterocycles. The second kappa shape index (κ2) is 9.67. The summed E-state index contributed by atoms with van der Waals surface area (Å²) in [6.45, 7) is 2.59. The summed E-state index contributed by atoms with van der Waals surface area (Å²) in [6, 6.07) is 26.9. The summed E-state index contributed by atoms with van der Waals surface area (Å²) in [6.07, 6.45) is 1.61. The topological polar surface area (TPSA) is 75.3 Å². The number of esters is 1. The molecule has 0 saturated carbocycles. The molecule has 0 radical (unpaired) electrons. The van der Waals surface area contributed by atoms with Crippen LogP contribution in [-0.2, 0) is 11.3 Å². The molecule has 32 heavy (non-hydrogen) atoms. The van der Waals surface area contributed by atoms with E-state index >= 15 is 0 Å². The Morgan fingerprint density at radius 2 is 1.75 bits per heavy atom. The number of nitrogens with zero attached hydrogens (tertiary/aromatic N) is 1. The average molecular weight is 422 g/mol. The van der Waals surface area contributed by atoms with Gasteiger partial charge in [0.2, 0.25) is 0 Å². The van der Waals surface area contributed by atoms with E-state index in [1.165, 1.54) is 0 Å². The fourth-order valence-electron chi connectivity index (χ4n) is 3.58. The van der Waals surface area contributed by atoms with Gasteiger partial charge in [-0.15, -0.1) is 0 Å². The van der Waals surface area contributed by atoms with Crippen molar-refractivity contribution in [3.63, 3.8) is 0 Å². The minimum absolute atomic E-state index is 0.300. The van der Waals surface area contributed by atoms with Gasteiger partial charge in [-0.1, -0.05) is 48.5 Å². The van der Waals surface area contributed by atoms with Gasteiger partial charge in [-0.05, 0) is 53.9 Å². The number of rotatable bonds is 7. The van der Waals surface area contributed by atoms with E-state index < -0.39 is 0 Å². The van der Waals surface area contributed by atoms with Gasteiger partial charge in [0.1, 0.15) is 5.76 Å². The monoisotopic (exact) mass is 422 g/mol. The number of para-hydroxylation sites is 1. The first-order valence-corrected chi connectivity index (χ1v) is 10.4. The number of nitriles is 1. The van der Waals surface area contributed by atoms with E-state index in [2.05, 4.69) is 11.4 Å². The van der Waals surface area contributed by atoms with Crippen LogP contribution in [0, 0.1) is 11.3 Å². The fourth-order valence-corrected chi connectivity index (χ4v) is 3.58. The number of furan rings is 1. The molecule has 0 unspecified atom stereocenters. The van der Waals surface area contributed by atoms with Gasteiger partial charge in [0.25, 0.3) is 0 Å². The Hall–Kier alpha value is -4.30. The van der Waals surface area contributed by atoms with Crippen LogP contribution in [-0.4, -0.2) is 12.6 Å². The van der Waals surface area contributed by atoms with Crippen LogP contribution < -0.4 is 5.32 Å². The largest absolute Gasteiger partial charge is 0.464 e. The van der Waals surface area contributed by atoms with Crippen LogP contribution in [0.15, 0.2) is 89.5 Å². The fraction of sp³-hybridized carbons (Fsp3) is 0.111. The van der Waals surface area contributed by atoms with E-state index in [4.69, 9.17) is 9.15 Å². The Kier molecular flexibility index (Phi) is 6.33. The van der Waals surface area contributed by atoms with Crippen LogP contribution in [0.25, 0.3) is 22.5 Å². The first kappa shape index (κ1) is 21.0. The zero-order chi connectivity index (χ0) is 22.3. The van der Waals surface area contributed by atoms with Crippen molar-refractivity contribution in [1.82, 2.24) is 0 Å². The molecule has 0 aliphatic carbocycles. The van der Waals surface area contributed by atoms with E-state index in [9.17, 15) is 10.1 Å². The summed E-state index contributed by atoms with van der Waals surface area (Å²) in [7, 11) is 0. The molecule has 1 aromatic heterocycles. The molecule has 5 heteroatoms. The van der Waals surface area contributed by atoms with Crippen molar-refractivity contribution >= 4 is 11.7 Å². The number of nitrogens with one attached hydrogen (secondary N) is 1. The number of hydrogen-bond donors (Lipinski definition) is 1. The lowest BCUT2D eigenvalue weighted by atomic mass is 9.99. The van der Waals surface area contributed by atoms with Crippen LogP contribution in [0.2, 0.25) is 0 Å². The molecule has 0 aliphatic rings. The molecule has 0 spiro atoms. The van der Waals surface area contributed by atoms with Crippen molar-refractivity contribution in [1.29, 1.82) is 5.26 Å². The third-order valence-corrected chi connectivity index (χ3v) is 5.13. The van der Waals surface area contributed by atoms with Crippen molar-refractivity contribution in [3.05, 3.63) is 102 Å². The normalized spacial score (nSPS) is 10.4. The summed E-state index contributed by atoms with van der Waals surface area (Å²) in [5.74, 6) is 0.286. The zero-order valence-electron chi connectivity index (χ0n) is 17.7. The minimum Gasteiger partial charge on any atom is -0.464 e. The van der Waals surface area contributed by atoms with Crippen LogP contribution in [0.4, 0.5) is 5.69 Å². The summed E-state index contributed by atoms with van der Waals surface area (Å²) in [4.78, 5) is 12.5. The maximum atomic E-state index is 12.5. The molecule has 0 aliphatic heterocycles. The maximum Gasteiger partial charge on any atom is 0.340 e. The Labute approximate surface area is 186 Å². The summed E-state index contributed by atoms with van der Waals surface area (Å²) in [5.41, 5.74) is 5.48. The molecule has 4 rings (SSSR count). The average Bonchev–Trinajstić information content (AvgIpc) is 3.38. The van der Waals surface area contributed by atoms with Crippen LogP contribution in [0.3, 0.4) is 0 Å². The van der Waals surface area contributed by atoms with E-state index in [0.29, 0.717) is 35.7 Å². The third kappa shape index (κ3) is 4.40. The van der Waals surface area contributed by atoms with Gasteiger partial charge in [0.15, 0.2) is 0 Å². The minimum atomic E-state index is -0.383. The Balaban J connectivity index is 1.61. The standard InChI is InChI=1S/C27H22N2O3/c1-2-31-27(30)24-10-5-9-23(25-11-6-16-32-25)26(24)29-18-19-12-14-20(15-13-19)22-8-4-3-7-21(22)17-28/h3-16,29H,2,18H2,1H3. The molecule has 0 amide bonds. The highest BCUT2D eigenvalue weighted by atomic mass is 16.5. The highest BCUT2D eigenvalue weighted by molar-refractivity contribution is 5.99. The lowest BCUT2D eigenvalue weighted by Crippen LogP contribution is -2.11. The second-order valence-electron chi connectivity index (χ2n) is 7.13. The highest BCUT2D eigenvalue weighted by Gasteiger charge is 2.18. The van der Waals surface area contributed by atoms with Crippen LogP contribution in [0.1, 0.15) is 28.4 Å². The van der Waals surface area contributed by atoms with E-state index in [0.717, 1.165) is 22.3 Å². The van der Waals surface area contributed by atoms with Gasteiger partial charge in [-0.2, -0.15) is 5.26 Å². The number of carbonyl (C=O) groups is 1. The van der Waals surface area contributed by atoms with E-state index in [1.54, 1.807) is 19.3 Å². The molecule has 0 bridgehead atoms. The smallest absolute Gasteiger partial charge is 0.340 e. The van der Waals surface area contributed by atoms with E-state index in [-0.39, 0.29) is 5.97 Å². The van der Waals surface area contributed by atoms with E-state index in [1.807, 2.05) is 72.8 Å². The number of carbonyl (C=O) groups excluding carboxylic acids is 1. The first-order valence-electron chi connectivity index (χ1n) is 10.4. The summed E-state index contributed by atoms with van der Waals surface area (Å²) >= 11 is 0. The van der Waals surface area contributed by atoms with Gasteiger partial charge in [-0.3, -0.25) is 0 Å². The zero-order valence-corrected chi connectivity index (χ0v) is 17.7. The second-order valence-corrected chi connectivity index (χ2v) is 7.13. The van der Waals surface area contributed by atoms with Gasteiger partial charge in [0.05, 0.1) is 35.8 Å². The lowest BCUT2D eigenvalue weighted by Gasteiger charge is -2.15. The first-order chi connectivity index (χ1) is 15.7. The maximum absolute atomic E-state index is 12.5. The van der Waals surface area contributed by atoms with Crippen molar-refractivity contribution in [2.75, 3.05) is 11.9 Å². The number of benzene rings is 3.